The monoisotopic (exact) mass is 409 g/mol. The number of carbonyl (C=O) groups is 1. The van der Waals surface area contributed by atoms with Gasteiger partial charge in [0, 0.05) is 30.3 Å². The normalized spacial score (nSPS) is 17.6. The lowest BCUT2D eigenvalue weighted by Crippen LogP contribution is -2.63. The first-order valence-electron chi connectivity index (χ1n) is 9.94. The van der Waals surface area contributed by atoms with Crippen LogP contribution in [0, 0.1) is 24.0 Å². The number of likely N-dealkylation sites (tertiary alicyclic amines) is 1. The summed E-state index contributed by atoms with van der Waals surface area (Å²) in [4.78, 5) is 14.2. The van der Waals surface area contributed by atoms with Crippen LogP contribution in [-0.4, -0.2) is 38.8 Å². The van der Waals surface area contributed by atoms with Crippen molar-refractivity contribution in [3.8, 4) is 17.0 Å². The molecule has 5 nitrogen and oxygen atoms in total. The Labute approximate surface area is 172 Å². The number of phenols is 1. The van der Waals surface area contributed by atoms with E-state index in [2.05, 4.69) is 5.10 Å². The van der Waals surface area contributed by atoms with Gasteiger partial charge in [0.05, 0.1) is 17.3 Å². The molecule has 2 fully saturated rings. The van der Waals surface area contributed by atoms with Crippen molar-refractivity contribution in [1.29, 1.82) is 0 Å². The number of benzene rings is 2. The molecule has 0 radical (unpaired) electrons. The average Bonchev–Trinajstić information content (AvgIpc) is 3.03. The molecule has 2 aliphatic rings. The molecule has 1 aliphatic carbocycles. The molecule has 1 aliphatic heterocycles. The molecule has 5 rings (SSSR count). The summed E-state index contributed by atoms with van der Waals surface area (Å²) in [6.45, 7) is 3.06. The van der Waals surface area contributed by atoms with Crippen molar-refractivity contribution in [2.75, 3.05) is 13.1 Å². The number of rotatable bonds is 3. The SMILES string of the molecule is Cc1cn(C2CC3(C2)CN(C(=O)c2cc(O)ccc2F)C3)nc1-c1ccccc1F. The smallest absolute Gasteiger partial charge is 0.257 e. The van der Waals surface area contributed by atoms with Crippen molar-refractivity contribution >= 4 is 5.91 Å². The van der Waals surface area contributed by atoms with E-state index < -0.39 is 11.7 Å². The van der Waals surface area contributed by atoms with Gasteiger partial charge in [0.1, 0.15) is 17.4 Å². The van der Waals surface area contributed by atoms with E-state index in [-0.39, 0.29) is 28.6 Å². The molecule has 154 valence electrons. The molecule has 1 aromatic heterocycles. The Morgan fingerprint density at radius 2 is 1.87 bits per heavy atom. The number of halogens is 2. The lowest BCUT2D eigenvalue weighted by atomic mass is 9.60. The van der Waals surface area contributed by atoms with Crippen LogP contribution in [0.25, 0.3) is 11.3 Å². The molecule has 1 saturated heterocycles. The summed E-state index contributed by atoms with van der Waals surface area (Å²) in [5, 5.41) is 14.2. The molecule has 0 bridgehead atoms. The second-order valence-electron chi connectivity index (χ2n) is 8.51. The summed E-state index contributed by atoms with van der Waals surface area (Å²) < 4.78 is 30.0. The molecule has 0 unspecified atom stereocenters. The van der Waals surface area contributed by atoms with Crippen LogP contribution in [0.4, 0.5) is 8.78 Å². The van der Waals surface area contributed by atoms with Crippen molar-refractivity contribution in [2.45, 2.75) is 25.8 Å². The van der Waals surface area contributed by atoms with Crippen LogP contribution in [0.15, 0.2) is 48.7 Å². The zero-order valence-corrected chi connectivity index (χ0v) is 16.5. The number of hydrogen-bond acceptors (Lipinski definition) is 3. The molecule has 1 spiro atoms. The number of aryl methyl sites for hydroxylation is 1. The molecule has 2 heterocycles. The van der Waals surface area contributed by atoms with Crippen molar-refractivity contribution in [2.24, 2.45) is 5.41 Å². The van der Waals surface area contributed by atoms with Crippen LogP contribution in [-0.2, 0) is 0 Å². The van der Waals surface area contributed by atoms with Crippen LogP contribution in [0.3, 0.4) is 0 Å². The number of amides is 1. The van der Waals surface area contributed by atoms with E-state index in [1.807, 2.05) is 17.8 Å². The van der Waals surface area contributed by atoms with Crippen molar-refractivity contribution in [3.05, 3.63) is 71.4 Å². The van der Waals surface area contributed by atoms with Gasteiger partial charge in [0.2, 0.25) is 0 Å². The number of carbonyl (C=O) groups excluding carboxylic acids is 1. The topological polar surface area (TPSA) is 58.4 Å². The van der Waals surface area contributed by atoms with Gasteiger partial charge in [-0.05, 0) is 55.7 Å². The highest BCUT2D eigenvalue weighted by molar-refractivity contribution is 5.95. The Balaban J connectivity index is 1.25. The largest absolute Gasteiger partial charge is 0.508 e. The van der Waals surface area contributed by atoms with E-state index in [0.29, 0.717) is 24.3 Å². The Bertz CT molecular complexity index is 1140. The predicted molar refractivity (Wildman–Crippen MR) is 107 cm³/mol. The average molecular weight is 409 g/mol. The second-order valence-corrected chi connectivity index (χ2v) is 8.51. The molecular formula is C23H21F2N3O2. The Kier molecular flexibility index (Phi) is 4.17. The van der Waals surface area contributed by atoms with Crippen LogP contribution < -0.4 is 0 Å². The number of phenolic OH excluding ortho intramolecular Hbond substituents is 1. The van der Waals surface area contributed by atoms with Crippen LogP contribution >= 0.6 is 0 Å². The van der Waals surface area contributed by atoms with Gasteiger partial charge in [-0.2, -0.15) is 5.10 Å². The van der Waals surface area contributed by atoms with Gasteiger partial charge in [-0.25, -0.2) is 8.78 Å². The summed E-state index contributed by atoms with van der Waals surface area (Å²) in [5.41, 5.74) is 2.00. The standard InChI is InChI=1S/C23H21F2N3O2/c1-14-11-28(26-21(14)17-4-2-3-5-19(17)24)15-9-23(10-15)12-27(13-23)22(30)18-8-16(29)6-7-20(18)25/h2-8,11,15,29H,9-10,12-13H2,1H3. The van der Waals surface area contributed by atoms with Crippen LogP contribution in [0.1, 0.15) is 34.8 Å². The maximum atomic E-state index is 14.1. The summed E-state index contributed by atoms with van der Waals surface area (Å²) in [6.07, 6.45) is 3.69. The number of hydrogen-bond donors (Lipinski definition) is 1. The minimum absolute atomic E-state index is 0.0334. The van der Waals surface area contributed by atoms with E-state index in [9.17, 15) is 18.7 Å². The number of nitrogens with zero attached hydrogens (tertiary/aromatic N) is 3. The van der Waals surface area contributed by atoms with Crippen molar-refractivity contribution < 1.29 is 18.7 Å². The zero-order valence-electron chi connectivity index (χ0n) is 16.5. The van der Waals surface area contributed by atoms with E-state index in [0.717, 1.165) is 24.5 Å². The fraction of sp³-hybridized carbons (Fsp3) is 0.304. The van der Waals surface area contributed by atoms with Crippen LogP contribution in [0.5, 0.6) is 5.75 Å². The summed E-state index contributed by atoms with van der Waals surface area (Å²) in [7, 11) is 0. The quantitative estimate of drug-likeness (QED) is 0.701. The van der Waals surface area contributed by atoms with E-state index in [1.165, 1.54) is 18.2 Å². The highest BCUT2D eigenvalue weighted by Gasteiger charge is 2.54. The van der Waals surface area contributed by atoms with Gasteiger partial charge in [-0.1, -0.05) is 12.1 Å². The van der Waals surface area contributed by atoms with Gasteiger partial charge < -0.3 is 10.0 Å². The van der Waals surface area contributed by atoms with E-state index in [4.69, 9.17) is 0 Å². The summed E-state index contributed by atoms with van der Waals surface area (Å²) >= 11 is 0. The Morgan fingerprint density at radius 3 is 2.60 bits per heavy atom. The Hall–Kier alpha value is -3.22. The Morgan fingerprint density at radius 1 is 1.13 bits per heavy atom. The second kappa shape index (κ2) is 6.65. The first-order chi connectivity index (χ1) is 14.3. The van der Waals surface area contributed by atoms with E-state index in [1.54, 1.807) is 23.1 Å². The fourth-order valence-corrected chi connectivity index (χ4v) is 4.73. The van der Waals surface area contributed by atoms with Gasteiger partial charge in [-0.15, -0.1) is 0 Å². The van der Waals surface area contributed by atoms with Gasteiger partial charge in [0.15, 0.2) is 0 Å². The fourth-order valence-electron chi connectivity index (χ4n) is 4.73. The maximum absolute atomic E-state index is 14.1. The van der Waals surface area contributed by atoms with E-state index >= 15 is 0 Å². The van der Waals surface area contributed by atoms with Crippen LogP contribution in [0.2, 0.25) is 0 Å². The first kappa shape index (κ1) is 18.8. The summed E-state index contributed by atoms with van der Waals surface area (Å²) in [6, 6.07) is 10.3. The first-order valence-corrected chi connectivity index (χ1v) is 9.94. The van der Waals surface area contributed by atoms with Gasteiger partial charge in [-0.3, -0.25) is 9.48 Å². The maximum Gasteiger partial charge on any atom is 0.257 e. The molecule has 1 saturated carbocycles. The molecule has 3 aromatic rings. The number of aromatic hydroxyl groups is 1. The highest BCUT2D eigenvalue weighted by Crippen LogP contribution is 2.54. The molecule has 7 heteroatoms. The number of aromatic nitrogens is 2. The lowest BCUT2D eigenvalue weighted by Gasteiger charge is -2.58. The van der Waals surface area contributed by atoms with Crippen molar-refractivity contribution in [3.63, 3.8) is 0 Å². The zero-order chi connectivity index (χ0) is 21.0. The van der Waals surface area contributed by atoms with Gasteiger partial charge >= 0.3 is 0 Å². The molecular weight excluding hydrogens is 388 g/mol. The minimum atomic E-state index is -0.627. The van der Waals surface area contributed by atoms with Crippen molar-refractivity contribution in [1.82, 2.24) is 14.7 Å². The minimum Gasteiger partial charge on any atom is -0.508 e. The predicted octanol–water partition coefficient (Wildman–Crippen LogP) is 4.32. The lowest BCUT2D eigenvalue weighted by molar-refractivity contribution is -0.0739. The molecule has 30 heavy (non-hydrogen) atoms. The molecule has 1 N–H and O–H groups in total. The third kappa shape index (κ3) is 2.96. The highest BCUT2D eigenvalue weighted by atomic mass is 19.1. The third-order valence-electron chi connectivity index (χ3n) is 6.28. The summed E-state index contributed by atoms with van der Waals surface area (Å²) in [5.74, 6) is -1.44. The molecule has 2 aromatic carbocycles. The van der Waals surface area contributed by atoms with Gasteiger partial charge in [0.25, 0.3) is 5.91 Å². The molecule has 0 atom stereocenters. The third-order valence-corrected chi connectivity index (χ3v) is 6.28. The molecule has 1 amide bonds.